The predicted molar refractivity (Wildman–Crippen MR) is 73.2 cm³/mol. The average Bonchev–Trinajstić information content (AvgIpc) is 2.30. The Morgan fingerprint density at radius 3 is 2.26 bits per heavy atom. The lowest BCUT2D eigenvalue weighted by Gasteiger charge is -2.35. The number of ether oxygens (including phenoxy) is 1. The van der Waals surface area contributed by atoms with Gasteiger partial charge in [-0.3, -0.25) is 4.79 Å². The zero-order valence-electron chi connectivity index (χ0n) is 12.3. The number of rotatable bonds is 2. The van der Waals surface area contributed by atoms with Crippen LogP contribution in [0.3, 0.4) is 0 Å². The highest BCUT2D eigenvalue weighted by molar-refractivity contribution is 5.68. The minimum atomic E-state index is -0.405. The molecule has 6 nitrogen and oxygen atoms in total. The molecule has 1 saturated heterocycles. The van der Waals surface area contributed by atoms with Crippen molar-refractivity contribution < 1.29 is 19.4 Å². The van der Waals surface area contributed by atoms with Crippen LogP contribution < -0.4 is 5.32 Å². The van der Waals surface area contributed by atoms with E-state index in [0.717, 1.165) is 32.5 Å². The van der Waals surface area contributed by atoms with E-state index in [-0.39, 0.29) is 12.6 Å². The van der Waals surface area contributed by atoms with E-state index in [1.165, 1.54) is 0 Å². The Hall–Kier alpha value is -1.30. The molecule has 1 heterocycles. The van der Waals surface area contributed by atoms with Crippen LogP contribution in [-0.4, -0.2) is 53.8 Å². The minimum Gasteiger partial charge on any atom is -0.483 e. The number of carbonyl (C=O) groups excluding carboxylic acids is 1. The Kier molecular flexibility index (Phi) is 8.14. The van der Waals surface area contributed by atoms with Gasteiger partial charge in [0.15, 0.2) is 0 Å². The summed E-state index contributed by atoms with van der Waals surface area (Å²) >= 11 is 0. The summed E-state index contributed by atoms with van der Waals surface area (Å²) in [6, 6.07) is 0.334. The summed E-state index contributed by atoms with van der Waals surface area (Å²) in [6.45, 7) is 10.2. The third kappa shape index (κ3) is 7.66. The van der Waals surface area contributed by atoms with Gasteiger partial charge in [-0.15, -0.1) is 0 Å². The van der Waals surface area contributed by atoms with E-state index in [9.17, 15) is 4.79 Å². The van der Waals surface area contributed by atoms with Gasteiger partial charge in [-0.25, -0.2) is 4.79 Å². The van der Waals surface area contributed by atoms with Gasteiger partial charge in [0.05, 0.1) is 0 Å². The molecule has 19 heavy (non-hydrogen) atoms. The van der Waals surface area contributed by atoms with Gasteiger partial charge >= 0.3 is 6.09 Å². The predicted octanol–water partition coefficient (Wildman–Crippen LogP) is 1.70. The van der Waals surface area contributed by atoms with Crippen molar-refractivity contribution >= 4 is 12.6 Å². The molecule has 0 aromatic heterocycles. The monoisotopic (exact) mass is 274 g/mol. The molecule has 0 atom stereocenters. The lowest BCUT2D eigenvalue weighted by Crippen LogP contribution is -2.47. The first kappa shape index (κ1) is 17.7. The molecule has 112 valence electrons. The number of nitrogens with zero attached hydrogens (tertiary/aromatic N) is 1. The van der Waals surface area contributed by atoms with E-state index in [1.54, 1.807) is 0 Å². The molecule has 0 radical (unpaired) electrons. The lowest BCUT2D eigenvalue weighted by atomic mass is 10.1. The number of nitrogens with one attached hydrogen (secondary N) is 1. The fraction of sp³-hybridized carbons (Fsp3) is 0.846. The highest BCUT2D eigenvalue weighted by Gasteiger charge is 2.27. The molecule has 0 aliphatic carbocycles. The SMILES string of the molecule is CCN(C(=O)OC(C)(C)C)C1CCNCC1.O=CO. The molecule has 0 bridgehead atoms. The van der Waals surface area contributed by atoms with Gasteiger partial charge < -0.3 is 20.1 Å². The van der Waals surface area contributed by atoms with Crippen molar-refractivity contribution in [3.05, 3.63) is 0 Å². The third-order valence-electron chi connectivity index (χ3n) is 2.72. The molecule has 1 rings (SSSR count). The third-order valence-corrected chi connectivity index (χ3v) is 2.72. The van der Waals surface area contributed by atoms with E-state index >= 15 is 0 Å². The van der Waals surface area contributed by atoms with Crippen molar-refractivity contribution in [1.82, 2.24) is 10.2 Å². The molecule has 1 fully saturated rings. The summed E-state index contributed by atoms with van der Waals surface area (Å²) in [5, 5.41) is 10.2. The van der Waals surface area contributed by atoms with Crippen molar-refractivity contribution in [3.63, 3.8) is 0 Å². The standard InChI is InChI=1S/C12H24N2O2.CH2O2/c1-5-14(10-6-8-13-9-7-10)11(15)16-12(2,3)4;2-1-3/h10,13H,5-9H2,1-4H3;1H,(H,2,3). The van der Waals surface area contributed by atoms with Crippen molar-refractivity contribution in [2.45, 2.75) is 52.2 Å². The molecule has 0 aromatic carbocycles. The van der Waals surface area contributed by atoms with Crippen molar-refractivity contribution in [2.75, 3.05) is 19.6 Å². The van der Waals surface area contributed by atoms with Crippen LogP contribution in [0.25, 0.3) is 0 Å². The molecule has 0 aromatic rings. The van der Waals surface area contributed by atoms with Gasteiger partial charge in [0, 0.05) is 12.6 Å². The number of piperidine rings is 1. The Morgan fingerprint density at radius 1 is 1.42 bits per heavy atom. The quantitative estimate of drug-likeness (QED) is 0.749. The van der Waals surface area contributed by atoms with Crippen molar-refractivity contribution in [2.24, 2.45) is 0 Å². The van der Waals surface area contributed by atoms with Crippen LogP contribution in [0.2, 0.25) is 0 Å². The zero-order valence-corrected chi connectivity index (χ0v) is 12.3. The normalized spacial score (nSPS) is 16.0. The fourth-order valence-electron chi connectivity index (χ4n) is 1.98. The molecule has 1 amide bonds. The van der Waals surface area contributed by atoms with Crippen molar-refractivity contribution in [3.8, 4) is 0 Å². The second-order valence-electron chi connectivity index (χ2n) is 5.35. The molecular formula is C13H26N2O4. The Bertz CT molecular complexity index is 270. The Morgan fingerprint density at radius 2 is 1.89 bits per heavy atom. The second kappa shape index (κ2) is 8.74. The first-order valence-corrected chi connectivity index (χ1v) is 6.64. The molecular weight excluding hydrogens is 248 g/mol. The number of carboxylic acid groups (broad SMARTS) is 1. The van der Waals surface area contributed by atoms with Crippen LogP contribution in [0.4, 0.5) is 4.79 Å². The maximum atomic E-state index is 12.0. The van der Waals surface area contributed by atoms with Crippen LogP contribution in [0.15, 0.2) is 0 Å². The molecule has 2 N–H and O–H groups in total. The van der Waals surface area contributed by atoms with E-state index in [0.29, 0.717) is 6.04 Å². The van der Waals surface area contributed by atoms with Crippen LogP contribution in [0.5, 0.6) is 0 Å². The van der Waals surface area contributed by atoms with Crippen molar-refractivity contribution in [1.29, 1.82) is 0 Å². The van der Waals surface area contributed by atoms with Gasteiger partial charge in [0.25, 0.3) is 6.47 Å². The van der Waals surface area contributed by atoms with Gasteiger partial charge in [0.2, 0.25) is 0 Å². The minimum absolute atomic E-state index is 0.179. The molecule has 6 heteroatoms. The van der Waals surface area contributed by atoms with Crippen LogP contribution >= 0.6 is 0 Å². The average molecular weight is 274 g/mol. The largest absolute Gasteiger partial charge is 0.483 e. The van der Waals surface area contributed by atoms with E-state index in [1.807, 2.05) is 32.6 Å². The lowest BCUT2D eigenvalue weighted by molar-refractivity contribution is -0.122. The number of hydrogen-bond acceptors (Lipinski definition) is 4. The summed E-state index contributed by atoms with van der Waals surface area (Å²) in [4.78, 5) is 22.2. The summed E-state index contributed by atoms with van der Waals surface area (Å²) in [5.41, 5.74) is -0.405. The zero-order chi connectivity index (χ0) is 14.9. The Labute approximate surface area is 115 Å². The van der Waals surface area contributed by atoms with E-state index < -0.39 is 5.60 Å². The van der Waals surface area contributed by atoms with E-state index in [2.05, 4.69) is 5.32 Å². The molecule has 1 aliphatic rings. The highest BCUT2D eigenvalue weighted by atomic mass is 16.6. The first-order chi connectivity index (χ1) is 8.85. The van der Waals surface area contributed by atoms with Gasteiger partial charge in [-0.1, -0.05) is 0 Å². The summed E-state index contributed by atoms with van der Waals surface area (Å²) < 4.78 is 5.41. The van der Waals surface area contributed by atoms with Crippen LogP contribution in [0.1, 0.15) is 40.5 Å². The second-order valence-corrected chi connectivity index (χ2v) is 5.35. The number of amides is 1. The Balaban J connectivity index is 0.000000982. The number of carbonyl (C=O) groups is 2. The number of hydrogen-bond donors (Lipinski definition) is 2. The van der Waals surface area contributed by atoms with Gasteiger partial charge in [0.1, 0.15) is 5.60 Å². The fourth-order valence-corrected chi connectivity index (χ4v) is 1.98. The van der Waals surface area contributed by atoms with Crippen LogP contribution in [-0.2, 0) is 9.53 Å². The molecule has 0 spiro atoms. The molecule has 0 unspecified atom stereocenters. The highest BCUT2D eigenvalue weighted by Crippen LogP contribution is 2.16. The first-order valence-electron chi connectivity index (χ1n) is 6.64. The summed E-state index contributed by atoms with van der Waals surface area (Å²) in [5.74, 6) is 0. The van der Waals surface area contributed by atoms with Gasteiger partial charge in [-0.05, 0) is 53.6 Å². The summed E-state index contributed by atoms with van der Waals surface area (Å²) in [6.07, 6.45) is 1.86. The summed E-state index contributed by atoms with van der Waals surface area (Å²) in [7, 11) is 0. The molecule has 1 aliphatic heterocycles. The maximum absolute atomic E-state index is 12.0. The van der Waals surface area contributed by atoms with Gasteiger partial charge in [-0.2, -0.15) is 0 Å². The van der Waals surface area contributed by atoms with E-state index in [4.69, 9.17) is 14.6 Å². The molecule has 0 saturated carbocycles. The maximum Gasteiger partial charge on any atom is 0.410 e. The van der Waals surface area contributed by atoms with Crippen LogP contribution in [0, 0.1) is 0 Å². The topological polar surface area (TPSA) is 78.9 Å². The smallest absolute Gasteiger partial charge is 0.410 e.